The van der Waals surface area contributed by atoms with Gasteiger partial charge in [-0.2, -0.15) is 0 Å². The van der Waals surface area contributed by atoms with Gasteiger partial charge in [-0.3, -0.25) is 9.00 Å². The Balaban J connectivity index is 2.05. The van der Waals surface area contributed by atoms with Crippen molar-refractivity contribution in [3.05, 3.63) is 29.3 Å². The highest BCUT2D eigenvalue weighted by Gasteiger charge is 2.24. The third kappa shape index (κ3) is 3.08. The fourth-order valence-electron chi connectivity index (χ4n) is 2.63. The van der Waals surface area contributed by atoms with Gasteiger partial charge in [0.05, 0.1) is 16.6 Å². The van der Waals surface area contributed by atoms with Crippen LogP contribution >= 0.6 is 0 Å². The Labute approximate surface area is 111 Å². The molecule has 1 aromatic rings. The zero-order chi connectivity index (χ0) is 13.1. The molecule has 0 heterocycles. The summed E-state index contributed by atoms with van der Waals surface area (Å²) in [6.07, 6.45) is 4.27. The van der Waals surface area contributed by atoms with Gasteiger partial charge in [0.2, 0.25) is 0 Å². The molecule has 1 aliphatic carbocycles. The molecule has 1 unspecified atom stereocenters. The van der Waals surface area contributed by atoms with E-state index in [1.54, 1.807) is 0 Å². The zero-order valence-corrected chi connectivity index (χ0v) is 11.9. The molecule has 0 amide bonds. The maximum atomic E-state index is 12.2. The van der Waals surface area contributed by atoms with E-state index >= 15 is 0 Å². The van der Waals surface area contributed by atoms with Crippen molar-refractivity contribution in [2.24, 2.45) is 5.92 Å². The van der Waals surface area contributed by atoms with Crippen LogP contribution in [0.5, 0.6) is 0 Å². The Hall–Kier alpha value is -0.960. The monoisotopic (exact) mass is 264 g/mol. The second-order valence-corrected chi connectivity index (χ2v) is 6.63. The number of Topliss-reactive ketones (excluding diaryl/α,β-unsaturated/α-hetero) is 1. The normalized spacial score (nSPS) is 17.9. The standard InChI is InChI=1S/C15H20O2S/c1-11-7-8-15(12(2)9-11)18(17)10-14(16)13-5-3-4-6-13/h7-9,13H,3-6,10H2,1-2H3. The van der Waals surface area contributed by atoms with Crippen LogP contribution in [0.1, 0.15) is 36.8 Å². The van der Waals surface area contributed by atoms with Crippen LogP contribution in [-0.2, 0) is 15.6 Å². The van der Waals surface area contributed by atoms with Crippen LogP contribution in [0.25, 0.3) is 0 Å². The fourth-order valence-corrected chi connectivity index (χ4v) is 3.91. The number of carbonyl (C=O) groups excluding carboxylic acids is 1. The first-order chi connectivity index (χ1) is 8.58. The van der Waals surface area contributed by atoms with E-state index in [0.717, 1.165) is 41.7 Å². The molecule has 1 aliphatic rings. The van der Waals surface area contributed by atoms with E-state index in [0.29, 0.717) is 0 Å². The maximum Gasteiger partial charge on any atom is 0.148 e. The molecule has 0 bridgehead atoms. The summed E-state index contributed by atoms with van der Waals surface area (Å²) in [4.78, 5) is 12.8. The second kappa shape index (κ2) is 5.79. The third-order valence-electron chi connectivity index (χ3n) is 3.66. The van der Waals surface area contributed by atoms with Crippen molar-refractivity contribution in [2.45, 2.75) is 44.4 Å². The van der Waals surface area contributed by atoms with Gasteiger partial charge in [0.25, 0.3) is 0 Å². The number of rotatable bonds is 4. The zero-order valence-electron chi connectivity index (χ0n) is 11.1. The molecule has 0 radical (unpaired) electrons. The molecule has 1 atom stereocenters. The minimum absolute atomic E-state index is 0.166. The average molecular weight is 264 g/mol. The Kier molecular flexibility index (Phi) is 4.33. The summed E-state index contributed by atoms with van der Waals surface area (Å²) >= 11 is 0. The summed E-state index contributed by atoms with van der Waals surface area (Å²) in [6, 6.07) is 5.87. The smallest absolute Gasteiger partial charge is 0.148 e. The second-order valence-electron chi connectivity index (χ2n) is 5.21. The van der Waals surface area contributed by atoms with Gasteiger partial charge in [0.15, 0.2) is 0 Å². The van der Waals surface area contributed by atoms with Gasteiger partial charge in [0.1, 0.15) is 5.78 Å². The number of benzene rings is 1. The molecule has 0 aromatic heterocycles. The quantitative estimate of drug-likeness (QED) is 0.837. The summed E-state index contributed by atoms with van der Waals surface area (Å²) < 4.78 is 12.2. The molecule has 2 nitrogen and oxygen atoms in total. The fraction of sp³-hybridized carbons (Fsp3) is 0.533. The minimum Gasteiger partial charge on any atom is -0.298 e. The van der Waals surface area contributed by atoms with Gasteiger partial charge in [-0.1, -0.05) is 30.5 Å². The van der Waals surface area contributed by atoms with E-state index in [1.807, 2.05) is 32.0 Å². The lowest BCUT2D eigenvalue weighted by molar-refractivity contribution is -0.120. The first-order valence-corrected chi connectivity index (χ1v) is 7.88. The Morgan fingerprint density at radius 2 is 1.94 bits per heavy atom. The lowest BCUT2D eigenvalue weighted by atomic mass is 10.0. The van der Waals surface area contributed by atoms with Gasteiger partial charge in [-0.15, -0.1) is 0 Å². The first-order valence-electron chi connectivity index (χ1n) is 6.56. The predicted molar refractivity (Wildman–Crippen MR) is 74.2 cm³/mol. The Morgan fingerprint density at radius 3 is 2.56 bits per heavy atom. The van der Waals surface area contributed by atoms with Crippen molar-refractivity contribution in [1.82, 2.24) is 0 Å². The van der Waals surface area contributed by atoms with E-state index < -0.39 is 10.8 Å². The van der Waals surface area contributed by atoms with Crippen molar-refractivity contribution < 1.29 is 9.00 Å². The van der Waals surface area contributed by atoms with Crippen LogP contribution in [0.4, 0.5) is 0 Å². The SMILES string of the molecule is Cc1ccc(S(=O)CC(=O)C2CCCC2)c(C)c1. The van der Waals surface area contributed by atoms with Crippen molar-refractivity contribution in [1.29, 1.82) is 0 Å². The molecule has 98 valence electrons. The molecule has 0 N–H and O–H groups in total. The summed E-state index contributed by atoms with van der Waals surface area (Å²) in [5.74, 6) is 0.541. The summed E-state index contributed by atoms with van der Waals surface area (Å²) in [7, 11) is -1.18. The topological polar surface area (TPSA) is 34.1 Å². The molecular formula is C15H20O2S. The molecule has 3 heteroatoms. The highest BCUT2D eigenvalue weighted by Crippen LogP contribution is 2.26. The Morgan fingerprint density at radius 1 is 1.28 bits per heavy atom. The van der Waals surface area contributed by atoms with Crippen LogP contribution in [0.2, 0.25) is 0 Å². The molecule has 18 heavy (non-hydrogen) atoms. The number of hydrogen-bond donors (Lipinski definition) is 0. The number of aryl methyl sites for hydroxylation is 2. The number of ketones is 1. The van der Waals surface area contributed by atoms with Gasteiger partial charge in [-0.25, -0.2) is 0 Å². The first kappa shape index (κ1) is 13.5. The summed E-state index contributed by atoms with van der Waals surface area (Å²) in [6.45, 7) is 3.98. The molecule has 0 saturated heterocycles. The highest BCUT2D eigenvalue weighted by molar-refractivity contribution is 7.85. The van der Waals surface area contributed by atoms with Crippen LogP contribution in [0.3, 0.4) is 0 Å². The summed E-state index contributed by atoms with van der Waals surface area (Å²) in [5.41, 5.74) is 2.18. The van der Waals surface area contributed by atoms with Crippen LogP contribution in [-0.4, -0.2) is 15.7 Å². The number of carbonyl (C=O) groups is 1. The van der Waals surface area contributed by atoms with Gasteiger partial charge in [-0.05, 0) is 38.3 Å². The predicted octanol–water partition coefficient (Wildman–Crippen LogP) is 3.17. The molecule has 1 fully saturated rings. The average Bonchev–Trinajstić information content (AvgIpc) is 2.81. The van der Waals surface area contributed by atoms with Crippen molar-refractivity contribution in [3.63, 3.8) is 0 Å². The van der Waals surface area contributed by atoms with E-state index in [9.17, 15) is 9.00 Å². The largest absolute Gasteiger partial charge is 0.298 e. The van der Waals surface area contributed by atoms with Crippen LogP contribution in [0, 0.1) is 19.8 Å². The number of hydrogen-bond acceptors (Lipinski definition) is 2. The van der Waals surface area contributed by atoms with Crippen LogP contribution < -0.4 is 0 Å². The van der Waals surface area contributed by atoms with Crippen molar-refractivity contribution in [2.75, 3.05) is 5.75 Å². The molecule has 0 aliphatic heterocycles. The van der Waals surface area contributed by atoms with Crippen molar-refractivity contribution >= 4 is 16.6 Å². The van der Waals surface area contributed by atoms with E-state index in [2.05, 4.69) is 0 Å². The molecular weight excluding hydrogens is 244 g/mol. The minimum atomic E-state index is -1.18. The van der Waals surface area contributed by atoms with E-state index in [-0.39, 0.29) is 17.5 Å². The van der Waals surface area contributed by atoms with Gasteiger partial charge >= 0.3 is 0 Å². The summed E-state index contributed by atoms with van der Waals surface area (Å²) in [5, 5.41) is 0. The lowest BCUT2D eigenvalue weighted by Gasteiger charge is -2.09. The van der Waals surface area contributed by atoms with Crippen LogP contribution in [0.15, 0.2) is 23.1 Å². The molecule has 2 rings (SSSR count). The van der Waals surface area contributed by atoms with Gasteiger partial charge in [0, 0.05) is 10.8 Å². The Bertz CT molecular complexity index is 473. The van der Waals surface area contributed by atoms with Gasteiger partial charge < -0.3 is 0 Å². The maximum absolute atomic E-state index is 12.2. The third-order valence-corrected chi connectivity index (χ3v) is 5.15. The van der Waals surface area contributed by atoms with Crippen molar-refractivity contribution in [3.8, 4) is 0 Å². The molecule has 1 aromatic carbocycles. The molecule has 0 spiro atoms. The molecule has 1 saturated carbocycles. The van der Waals surface area contributed by atoms with E-state index in [1.165, 1.54) is 0 Å². The highest BCUT2D eigenvalue weighted by atomic mass is 32.2. The lowest BCUT2D eigenvalue weighted by Crippen LogP contribution is -2.19. The van der Waals surface area contributed by atoms with E-state index in [4.69, 9.17) is 0 Å².